The van der Waals surface area contributed by atoms with Crippen molar-refractivity contribution in [3.63, 3.8) is 0 Å². The molecule has 134 valence electrons. The molecule has 0 bridgehead atoms. The molecule has 0 saturated heterocycles. The fourth-order valence-corrected chi connectivity index (χ4v) is 2.97. The lowest BCUT2D eigenvalue weighted by Crippen LogP contribution is -2.23. The van der Waals surface area contributed by atoms with Gasteiger partial charge in [0.15, 0.2) is 0 Å². The van der Waals surface area contributed by atoms with Crippen molar-refractivity contribution in [1.82, 2.24) is 20.1 Å². The van der Waals surface area contributed by atoms with Crippen LogP contribution in [0.15, 0.2) is 67.0 Å². The van der Waals surface area contributed by atoms with Crippen LogP contribution in [-0.2, 0) is 6.54 Å². The van der Waals surface area contributed by atoms with E-state index in [0.29, 0.717) is 28.7 Å². The summed E-state index contributed by atoms with van der Waals surface area (Å²) in [5.74, 6) is -0.607. The first-order valence-corrected chi connectivity index (χ1v) is 8.54. The summed E-state index contributed by atoms with van der Waals surface area (Å²) in [5, 5.41) is 7.85. The molecule has 6 heteroatoms. The summed E-state index contributed by atoms with van der Waals surface area (Å²) in [6.45, 7) is 2.13. The molecule has 0 atom stereocenters. The average molecular weight is 360 g/mol. The van der Waals surface area contributed by atoms with Gasteiger partial charge in [-0.1, -0.05) is 18.2 Å². The van der Waals surface area contributed by atoms with E-state index in [1.807, 2.05) is 36.5 Å². The van der Waals surface area contributed by atoms with Crippen molar-refractivity contribution in [3.05, 3.63) is 89.6 Å². The number of hydrogen-bond donors (Lipinski definition) is 1. The lowest BCUT2D eigenvalue weighted by molar-refractivity contribution is 0.0952. The van der Waals surface area contributed by atoms with E-state index in [-0.39, 0.29) is 11.7 Å². The molecule has 0 spiro atoms. The minimum atomic E-state index is -0.375. The molecule has 0 unspecified atom stereocenters. The van der Waals surface area contributed by atoms with Gasteiger partial charge in [0.05, 0.1) is 23.0 Å². The highest BCUT2D eigenvalue weighted by molar-refractivity contribution is 6.06. The number of benzene rings is 2. The number of fused-ring (bicyclic) bond motifs is 1. The van der Waals surface area contributed by atoms with E-state index in [4.69, 9.17) is 0 Å². The molecule has 27 heavy (non-hydrogen) atoms. The number of hydrogen-bond acceptors (Lipinski definition) is 3. The largest absolute Gasteiger partial charge is 0.348 e. The van der Waals surface area contributed by atoms with Gasteiger partial charge in [-0.05, 0) is 37.3 Å². The van der Waals surface area contributed by atoms with Crippen molar-refractivity contribution in [2.45, 2.75) is 13.5 Å². The zero-order valence-corrected chi connectivity index (χ0v) is 14.7. The number of carbonyl (C=O) groups excluding carboxylic acids is 1. The van der Waals surface area contributed by atoms with Gasteiger partial charge in [0.2, 0.25) is 0 Å². The lowest BCUT2D eigenvalue weighted by atomic mass is 10.1. The Labute approximate surface area is 155 Å². The van der Waals surface area contributed by atoms with E-state index in [1.165, 1.54) is 12.1 Å². The topological polar surface area (TPSA) is 59.8 Å². The van der Waals surface area contributed by atoms with Crippen molar-refractivity contribution in [2.75, 3.05) is 0 Å². The third-order valence-electron chi connectivity index (χ3n) is 4.25. The maximum absolute atomic E-state index is 13.5. The number of halogens is 1. The molecule has 0 aliphatic carbocycles. The number of nitrogens with zero attached hydrogens (tertiary/aromatic N) is 3. The van der Waals surface area contributed by atoms with E-state index in [1.54, 1.807) is 29.9 Å². The van der Waals surface area contributed by atoms with Gasteiger partial charge in [0.1, 0.15) is 5.82 Å². The van der Waals surface area contributed by atoms with Crippen LogP contribution in [-0.4, -0.2) is 20.7 Å². The predicted molar refractivity (Wildman–Crippen MR) is 101 cm³/mol. The van der Waals surface area contributed by atoms with E-state index >= 15 is 0 Å². The number of rotatable bonds is 4. The van der Waals surface area contributed by atoms with E-state index in [0.717, 1.165) is 11.3 Å². The van der Waals surface area contributed by atoms with E-state index in [2.05, 4.69) is 15.4 Å². The molecule has 5 nitrogen and oxygen atoms in total. The maximum Gasteiger partial charge on any atom is 0.252 e. The average Bonchev–Trinajstić information content (AvgIpc) is 3.15. The van der Waals surface area contributed by atoms with Crippen LogP contribution in [0.5, 0.6) is 0 Å². The molecule has 1 amide bonds. The number of amides is 1. The monoisotopic (exact) mass is 360 g/mol. The summed E-state index contributed by atoms with van der Waals surface area (Å²) >= 11 is 0. The van der Waals surface area contributed by atoms with Crippen molar-refractivity contribution in [1.29, 1.82) is 0 Å². The summed E-state index contributed by atoms with van der Waals surface area (Å²) < 4.78 is 15.2. The molecule has 0 saturated carbocycles. The Morgan fingerprint density at radius 2 is 1.96 bits per heavy atom. The fraction of sp³-hybridized carbons (Fsp3) is 0.0952. The molecule has 1 N–H and O–H groups in total. The Morgan fingerprint density at radius 3 is 2.78 bits per heavy atom. The van der Waals surface area contributed by atoms with Crippen molar-refractivity contribution >= 4 is 16.8 Å². The van der Waals surface area contributed by atoms with Crippen LogP contribution < -0.4 is 5.32 Å². The molecule has 2 heterocycles. The smallest absolute Gasteiger partial charge is 0.252 e. The molecule has 4 rings (SSSR count). The number of para-hydroxylation sites is 1. The van der Waals surface area contributed by atoms with Crippen LogP contribution in [0.25, 0.3) is 16.6 Å². The number of aryl methyl sites for hydroxylation is 1. The summed E-state index contributed by atoms with van der Waals surface area (Å²) in [5.41, 5.74) is 3.45. The van der Waals surface area contributed by atoms with Crippen LogP contribution in [0.2, 0.25) is 0 Å². The SMILES string of the molecule is Cc1cc(C(=O)NCc2cnn(-c3ccccc3)c2)c2ccc(F)cc2n1. The lowest BCUT2D eigenvalue weighted by Gasteiger charge is -2.08. The first-order chi connectivity index (χ1) is 13.1. The Bertz CT molecular complexity index is 1120. The second-order valence-corrected chi connectivity index (χ2v) is 6.28. The van der Waals surface area contributed by atoms with Gasteiger partial charge in [0.25, 0.3) is 5.91 Å². The maximum atomic E-state index is 13.5. The third-order valence-corrected chi connectivity index (χ3v) is 4.25. The number of carbonyl (C=O) groups is 1. The Balaban J connectivity index is 1.54. The zero-order chi connectivity index (χ0) is 18.8. The zero-order valence-electron chi connectivity index (χ0n) is 14.7. The highest BCUT2D eigenvalue weighted by atomic mass is 19.1. The minimum Gasteiger partial charge on any atom is -0.348 e. The number of pyridine rings is 1. The molecule has 0 radical (unpaired) electrons. The van der Waals surface area contributed by atoms with Gasteiger partial charge in [-0.3, -0.25) is 9.78 Å². The summed E-state index contributed by atoms with van der Waals surface area (Å²) in [6.07, 6.45) is 3.60. The second kappa shape index (κ2) is 6.99. The highest BCUT2D eigenvalue weighted by Gasteiger charge is 2.13. The number of nitrogens with one attached hydrogen (secondary N) is 1. The normalized spacial score (nSPS) is 10.9. The van der Waals surface area contributed by atoms with Gasteiger partial charge in [-0.15, -0.1) is 0 Å². The van der Waals surface area contributed by atoms with Gasteiger partial charge < -0.3 is 5.32 Å². The summed E-state index contributed by atoms with van der Waals surface area (Å²) in [4.78, 5) is 17.0. The molecular weight excluding hydrogens is 343 g/mol. The third kappa shape index (κ3) is 3.55. The molecule has 4 aromatic rings. The first kappa shape index (κ1) is 16.9. The molecule has 0 aliphatic rings. The minimum absolute atomic E-state index is 0.232. The Morgan fingerprint density at radius 1 is 1.15 bits per heavy atom. The number of aromatic nitrogens is 3. The van der Waals surface area contributed by atoms with Gasteiger partial charge in [-0.2, -0.15) is 5.10 Å². The summed E-state index contributed by atoms with van der Waals surface area (Å²) in [7, 11) is 0. The molecule has 2 aromatic heterocycles. The Hall–Kier alpha value is -3.54. The molecule has 0 fully saturated rings. The van der Waals surface area contributed by atoms with Gasteiger partial charge in [0, 0.05) is 35.5 Å². The van der Waals surface area contributed by atoms with E-state index < -0.39 is 0 Å². The fourth-order valence-electron chi connectivity index (χ4n) is 2.97. The quantitative estimate of drug-likeness (QED) is 0.602. The molecule has 2 aromatic carbocycles. The van der Waals surface area contributed by atoms with Crippen LogP contribution in [0.3, 0.4) is 0 Å². The van der Waals surface area contributed by atoms with Crippen molar-refractivity contribution in [2.24, 2.45) is 0 Å². The van der Waals surface area contributed by atoms with E-state index in [9.17, 15) is 9.18 Å². The highest BCUT2D eigenvalue weighted by Crippen LogP contribution is 2.20. The van der Waals surface area contributed by atoms with Crippen molar-refractivity contribution in [3.8, 4) is 5.69 Å². The van der Waals surface area contributed by atoms with Crippen LogP contribution >= 0.6 is 0 Å². The van der Waals surface area contributed by atoms with Crippen LogP contribution in [0, 0.1) is 12.7 Å². The molecular formula is C21H17FN4O. The first-order valence-electron chi connectivity index (χ1n) is 8.54. The van der Waals surface area contributed by atoms with Crippen LogP contribution in [0.1, 0.15) is 21.6 Å². The van der Waals surface area contributed by atoms with Crippen LogP contribution in [0.4, 0.5) is 4.39 Å². The van der Waals surface area contributed by atoms with Gasteiger partial charge >= 0.3 is 0 Å². The standard InChI is InChI=1S/C21H17FN4O/c1-14-9-19(18-8-7-16(22)10-20(18)25-14)21(27)23-11-15-12-24-26(13-15)17-5-3-2-4-6-17/h2-10,12-13H,11H2,1H3,(H,23,27). The summed E-state index contributed by atoms with van der Waals surface area (Å²) in [6, 6.07) is 15.7. The molecule has 0 aliphatic heterocycles. The predicted octanol–water partition coefficient (Wildman–Crippen LogP) is 3.80. The second-order valence-electron chi connectivity index (χ2n) is 6.28. The van der Waals surface area contributed by atoms with Crippen molar-refractivity contribution < 1.29 is 9.18 Å². The Kier molecular flexibility index (Phi) is 4.38. The van der Waals surface area contributed by atoms with Gasteiger partial charge in [-0.25, -0.2) is 9.07 Å².